The van der Waals surface area contributed by atoms with Gasteiger partial charge in [0, 0.05) is 32.1 Å². The second-order valence-corrected chi connectivity index (χ2v) is 8.18. The van der Waals surface area contributed by atoms with Crippen LogP contribution in [0.5, 0.6) is 5.75 Å². The summed E-state index contributed by atoms with van der Waals surface area (Å²) in [7, 11) is 1.72. The summed E-state index contributed by atoms with van der Waals surface area (Å²) < 4.78 is 5.29. The van der Waals surface area contributed by atoms with Crippen LogP contribution in [0, 0.1) is 5.92 Å². The van der Waals surface area contributed by atoms with Crippen molar-refractivity contribution in [2.24, 2.45) is 10.9 Å². The van der Waals surface area contributed by atoms with E-state index in [2.05, 4.69) is 53.2 Å². The molecule has 2 heterocycles. The van der Waals surface area contributed by atoms with Crippen molar-refractivity contribution in [3.05, 3.63) is 29.8 Å². The van der Waals surface area contributed by atoms with Crippen molar-refractivity contribution in [3.8, 4) is 5.75 Å². The van der Waals surface area contributed by atoms with Crippen LogP contribution in [-0.4, -0.2) is 68.7 Å². The lowest BCUT2D eigenvalue weighted by molar-refractivity contribution is 0.188. The van der Waals surface area contributed by atoms with Crippen LogP contribution in [0.3, 0.4) is 0 Å². The van der Waals surface area contributed by atoms with E-state index in [0.717, 1.165) is 43.8 Å². The number of guanidine groups is 1. The quantitative estimate of drug-likeness (QED) is 0.337. The summed E-state index contributed by atoms with van der Waals surface area (Å²) >= 11 is 0. The first kappa shape index (κ1) is 24.3. The molecule has 2 fully saturated rings. The Morgan fingerprint density at radius 3 is 2.45 bits per heavy atom. The monoisotopic (exact) mass is 514 g/mol. The van der Waals surface area contributed by atoms with E-state index in [4.69, 9.17) is 9.73 Å². The first-order valence-corrected chi connectivity index (χ1v) is 11.1. The summed E-state index contributed by atoms with van der Waals surface area (Å²) in [6, 6.07) is 8.56. The Balaban J connectivity index is 0.00000300. The average Bonchev–Trinajstić information content (AvgIpc) is 3.22. The summed E-state index contributed by atoms with van der Waals surface area (Å²) in [6.07, 6.45) is 5.03. The summed E-state index contributed by atoms with van der Waals surface area (Å²) in [5.74, 6) is 3.35. The zero-order valence-electron chi connectivity index (χ0n) is 18.4. The fraction of sp³-hybridized carbons (Fsp3) is 0.696. The Morgan fingerprint density at radius 2 is 1.83 bits per heavy atom. The van der Waals surface area contributed by atoms with Gasteiger partial charge in [-0.1, -0.05) is 19.1 Å². The maximum Gasteiger partial charge on any atom is 0.193 e. The van der Waals surface area contributed by atoms with Crippen molar-refractivity contribution in [3.63, 3.8) is 0 Å². The second-order valence-electron chi connectivity index (χ2n) is 8.18. The van der Waals surface area contributed by atoms with E-state index in [1.54, 1.807) is 7.11 Å². The molecule has 0 aliphatic carbocycles. The van der Waals surface area contributed by atoms with Gasteiger partial charge in [-0.2, -0.15) is 0 Å². The number of hydrogen-bond donors (Lipinski definition) is 1. The molecule has 3 rings (SSSR count). The molecule has 1 unspecified atom stereocenters. The molecule has 29 heavy (non-hydrogen) atoms. The van der Waals surface area contributed by atoms with E-state index >= 15 is 0 Å². The third-order valence-electron chi connectivity index (χ3n) is 6.16. The lowest BCUT2D eigenvalue weighted by Gasteiger charge is -2.31. The van der Waals surface area contributed by atoms with Gasteiger partial charge in [0.2, 0.25) is 0 Å². The molecule has 2 aliphatic heterocycles. The highest BCUT2D eigenvalue weighted by Crippen LogP contribution is 2.28. The highest BCUT2D eigenvalue weighted by molar-refractivity contribution is 14.0. The van der Waals surface area contributed by atoms with Gasteiger partial charge in [0.15, 0.2) is 5.96 Å². The fourth-order valence-electron chi connectivity index (χ4n) is 4.45. The Bertz CT molecular complexity index is 614. The van der Waals surface area contributed by atoms with Crippen LogP contribution in [0.4, 0.5) is 0 Å². The Hall–Kier alpha value is -1.02. The van der Waals surface area contributed by atoms with Gasteiger partial charge in [-0.25, -0.2) is 0 Å². The van der Waals surface area contributed by atoms with Crippen LogP contribution >= 0.6 is 24.0 Å². The molecule has 1 atom stereocenters. The lowest BCUT2D eigenvalue weighted by atomic mass is 9.97. The Labute approximate surface area is 194 Å². The second kappa shape index (κ2) is 12.6. The van der Waals surface area contributed by atoms with Gasteiger partial charge in [0.05, 0.1) is 7.11 Å². The van der Waals surface area contributed by atoms with Crippen LogP contribution in [-0.2, 0) is 0 Å². The number of hydrogen-bond acceptors (Lipinski definition) is 3. The molecule has 1 N–H and O–H groups in total. The molecule has 0 amide bonds. The van der Waals surface area contributed by atoms with E-state index < -0.39 is 0 Å². The molecule has 164 valence electrons. The molecular formula is C23H39IN4O. The molecule has 0 saturated carbocycles. The number of piperidine rings is 1. The zero-order valence-corrected chi connectivity index (χ0v) is 20.7. The fourth-order valence-corrected chi connectivity index (χ4v) is 4.45. The predicted octanol–water partition coefficient (Wildman–Crippen LogP) is 4.19. The molecule has 2 saturated heterocycles. The average molecular weight is 514 g/mol. The highest BCUT2D eigenvalue weighted by Gasteiger charge is 2.26. The van der Waals surface area contributed by atoms with Crippen LogP contribution in [0.2, 0.25) is 0 Å². The summed E-state index contributed by atoms with van der Waals surface area (Å²) in [5, 5.41) is 3.53. The van der Waals surface area contributed by atoms with Crippen molar-refractivity contribution >= 4 is 29.9 Å². The number of methoxy groups -OCH3 is 1. The number of nitrogens with zero attached hydrogens (tertiary/aromatic N) is 3. The third kappa shape index (κ3) is 7.02. The number of likely N-dealkylation sites (tertiary alicyclic amines) is 2. The maximum atomic E-state index is 5.29. The summed E-state index contributed by atoms with van der Waals surface area (Å²) in [4.78, 5) is 10.1. The number of halogens is 1. The molecule has 1 aromatic carbocycles. The van der Waals surface area contributed by atoms with E-state index in [9.17, 15) is 0 Å². The van der Waals surface area contributed by atoms with Crippen LogP contribution in [0.25, 0.3) is 0 Å². The van der Waals surface area contributed by atoms with Crippen LogP contribution < -0.4 is 10.1 Å². The molecule has 0 spiro atoms. The molecule has 0 radical (unpaired) electrons. The Kier molecular flexibility index (Phi) is 10.6. The number of ether oxygens (including phenoxy) is 1. The normalized spacial score (nSPS) is 21.1. The van der Waals surface area contributed by atoms with E-state index in [1.807, 2.05) is 0 Å². The van der Waals surface area contributed by atoms with Crippen LogP contribution in [0.1, 0.15) is 51.0 Å². The molecule has 0 aromatic heterocycles. The van der Waals surface area contributed by atoms with Gasteiger partial charge in [-0.3, -0.25) is 4.99 Å². The number of benzene rings is 1. The van der Waals surface area contributed by atoms with E-state index in [1.165, 1.54) is 50.9 Å². The molecule has 0 bridgehead atoms. The van der Waals surface area contributed by atoms with Crippen LogP contribution in [0.15, 0.2) is 29.3 Å². The van der Waals surface area contributed by atoms with Gasteiger partial charge in [-0.15, -0.1) is 24.0 Å². The number of aliphatic imine (C=N–C) groups is 1. The van der Waals surface area contributed by atoms with Crippen molar-refractivity contribution in [2.75, 3.05) is 52.9 Å². The highest BCUT2D eigenvalue weighted by atomic mass is 127. The van der Waals surface area contributed by atoms with Gasteiger partial charge >= 0.3 is 0 Å². The van der Waals surface area contributed by atoms with Crippen molar-refractivity contribution in [1.82, 2.24) is 15.1 Å². The molecular weight excluding hydrogens is 475 g/mol. The SMILES string of the molecule is CCCN1CCC(CN=C(NCC)N2CCC(c3ccc(OC)cc3)C2)CC1.I. The number of rotatable bonds is 7. The Morgan fingerprint density at radius 1 is 1.10 bits per heavy atom. The smallest absolute Gasteiger partial charge is 0.193 e. The number of nitrogens with one attached hydrogen (secondary N) is 1. The lowest BCUT2D eigenvalue weighted by Crippen LogP contribution is -2.41. The van der Waals surface area contributed by atoms with Gasteiger partial charge in [-0.05, 0) is 75.9 Å². The minimum absolute atomic E-state index is 0. The molecule has 5 nitrogen and oxygen atoms in total. The minimum atomic E-state index is 0. The molecule has 1 aromatic rings. The molecule has 2 aliphatic rings. The summed E-state index contributed by atoms with van der Waals surface area (Å²) in [5.41, 5.74) is 1.41. The van der Waals surface area contributed by atoms with Crippen molar-refractivity contribution < 1.29 is 4.74 Å². The summed E-state index contributed by atoms with van der Waals surface area (Å²) in [6.45, 7) is 12.2. The first-order valence-electron chi connectivity index (χ1n) is 11.1. The standard InChI is InChI=1S/C23H38N4O.HI/c1-4-13-26-14-10-19(11-15-26)17-25-23(24-5-2)27-16-12-21(18-27)20-6-8-22(28-3)9-7-20;/h6-9,19,21H,4-5,10-18H2,1-3H3,(H,24,25);1H. The van der Waals surface area contributed by atoms with Crippen molar-refractivity contribution in [2.45, 2.75) is 45.4 Å². The molecule has 6 heteroatoms. The first-order chi connectivity index (χ1) is 13.7. The van der Waals surface area contributed by atoms with Crippen molar-refractivity contribution in [1.29, 1.82) is 0 Å². The maximum absolute atomic E-state index is 5.29. The largest absolute Gasteiger partial charge is 0.497 e. The minimum Gasteiger partial charge on any atom is -0.497 e. The van der Waals surface area contributed by atoms with E-state index in [-0.39, 0.29) is 24.0 Å². The topological polar surface area (TPSA) is 40.1 Å². The van der Waals surface area contributed by atoms with Gasteiger partial charge in [0.1, 0.15) is 5.75 Å². The third-order valence-corrected chi connectivity index (χ3v) is 6.16. The zero-order chi connectivity index (χ0) is 19.8. The van der Waals surface area contributed by atoms with E-state index in [0.29, 0.717) is 5.92 Å². The van der Waals surface area contributed by atoms with Gasteiger partial charge in [0.25, 0.3) is 0 Å². The van der Waals surface area contributed by atoms with Gasteiger partial charge < -0.3 is 19.9 Å². The predicted molar refractivity (Wildman–Crippen MR) is 133 cm³/mol.